The molecule has 33 heavy (non-hydrogen) atoms. The molecule has 1 N–H and O–H groups in total. The molecule has 0 spiro atoms. The Morgan fingerprint density at radius 2 is 1.36 bits per heavy atom. The quantitative estimate of drug-likeness (QED) is 0.422. The number of benzene rings is 3. The summed E-state index contributed by atoms with van der Waals surface area (Å²) < 4.78 is 42.9. The zero-order valence-corrected chi connectivity index (χ0v) is 17.6. The highest BCUT2D eigenvalue weighted by atomic mass is 19.4. The number of nitrogens with one attached hydrogen (secondary N) is 1. The van der Waals surface area contributed by atoms with E-state index in [2.05, 4.69) is 5.32 Å². The molecule has 0 heterocycles. The van der Waals surface area contributed by atoms with Crippen LogP contribution in [0.3, 0.4) is 0 Å². The predicted octanol–water partition coefficient (Wildman–Crippen LogP) is 4.45. The summed E-state index contributed by atoms with van der Waals surface area (Å²) in [4.78, 5) is 37.2. The summed E-state index contributed by atoms with van der Waals surface area (Å²) in [7, 11) is 1.17. The molecule has 3 aromatic carbocycles. The molecule has 3 aromatic rings. The van der Waals surface area contributed by atoms with Crippen molar-refractivity contribution in [2.75, 3.05) is 7.11 Å². The van der Waals surface area contributed by atoms with E-state index >= 15 is 0 Å². The molecule has 0 aromatic heterocycles. The molecule has 5 nitrogen and oxygen atoms in total. The van der Waals surface area contributed by atoms with Gasteiger partial charge >= 0.3 is 12.1 Å². The molecule has 0 unspecified atom stereocenters. The zero-order chi connectivity index (χ0) is 24.0. The summed E-state index contributed by atoms with van der Waals surface area (Å²) >= 11 is 0. The number of esters is 1. The number of carbonyl (C=O) groups excluding carboxylic acids is 3. The van der Waals surface area contributed by atoms with Crippen LogP contribution in [0.1, 0.15) is 37.4 Å². The molecule has 0 fully saturated rings. The Hall–Kier alpha value is -3.94. The van der Waals surface area contributed by atoms with Crippen LogP contribution < -0.4 is 5.32 Å². The van der Waals surface area contributed by atoms with Crippen molar-refractivity contribution < 1.29 is 32.3 Å². The average Bonchev–Trinajstić information content (AvgIpc) is 2.83. The van der Waals surface area contributed by atoms with Gasteiger partial charge in [-0.1, -0.05) is 54.6 Å². The molecule has 1 amide bonds. The Morgan fingerprint density at radius 3 is 1.91 bits per heavy atom. The fourth-order valence-corrected chi connectivity index (χ4v) is 3.17. The van der Waals surface area contributed by atoms with Gasteiger partial charge in [-0.15, -0.1) is 0 Å². The van der Waals surface area contributed by atoms with Crippen LogP contribution in [-0.4, -0.2) is 30.8 Å². The summed E-state index contributed by atoms with van der Waals surface area (Å²) in [5.41, 5.74) is 0.756. The minimum absolute atomic E-state index is 0.0271. The minimum Gasteiger partial charge on any atom is -0.467 e. The number of halogens is 3. The topological polar surface area (TPSA) is 72.5 Å². The minimum atomic E-state index is -4.52. The van der Waals surface area contributed by atoms with Crippen molar-refractivity contribution in [3.8, 4) is 0 Å². The third-order valence-corrected chi connectivity index (χ3v) is 4.96. The van der Waals surface area contributed by atoms with Gasteiger partial charge in [0.25, 0.3) is 5.91 Å². The SMILES string of the molecule is COC(=O)[C@@H](Cc1ccc(C(=O)c2ccccc2)cc1)NC(=O)c1ccc(C(F)(F)F)cc1. The van der Waals surface area contributed by atoms with Crippen LogP contribution in [-0.2, 0) is 22.1 Å². The molecule has 8 heteroatoms. The van der Waals surface area contributed by atoms with Crippen molar-refractivity contribution in [3.63, 3.8) is 0 Å². The molecule has 0 saturated carbocycles. The highest BCUT2D eigenvalue weighted by Gasteiger charge is 2.30. The number of ketones is 1. The second-order valence-corrected chi connectivity index (χ2v) is 7.22. The van der Waals surface area contributed by atoms with Gasteiger partial charge < -0.3 is 10.1 Å². The van der Waals surface area contributed by atoms with Gasteiger partial charge in [0.05, 0.1) is 12.7 Å². The van der Waals surface area contributed by atoms with Gasteiger partial charge in [-0.2, -0.15) is 13.2 Å². The predicted molar refractivity (Wildman–Crippen MR) is 115 cm³/mol. The van der Waals surface area contributed by atoms with E-state index in [0.29, 0.717) is 16.7 Å². The van der Waals surface area contributed by atoms with Gasteiger partial charge in [0.15, 0.2) is 5.78 Å². The van der Waals surface area contributed by atoms with Gasteiger partial charge in [-0.05, 0) is 29.8 Å². The Bertz CT molecular complexity index is 1130. The molecule has 170 valence electrons. The largest absolute Gasteiger partial charge is 0.467 e. The van der Waals surface area contributed by atoms with E-state index in [1.165, 1.54) is 7.11 Å². The highest BCUT2D eigenvalue weighted by molar-refractivity contribution is 6.08. The lowest BCUT2D eigenvalue weighted by Gasteiger charge is -2.17. The van der Waals surface area contributed by atoms with E-state index in [4.69, 9.17) is 4.74 Å². The number of hydrogen-bond donors (Lipinski definition) is 1. The molecule has 0 radical (unpaired) electrons. The van der Waals surface area contributed by atoms with Crippen LogP contribution in [0.15, 0.2) is 78.9 Å². The van der Waals surface area contributed by atoms with Gasteiger partial charge in [-0.25, -0.2) is 4.79 Å². The summed E-state index contributed by atoms with van der Waals surface area (Å²) in [6.45, 7) is 0. The second-order valence-electron chi connectivity index (χ2n) is 7.22. The number of rotatable bonds is 7. The van der Waals surface area contributed by atoms with Crippen molar-refractivity contribution in [3.05, 3.63) is 107 Å². The zero-order valence-electron chi connectivity index (χ0n) is 17.6. The molecular formula is C25H20F3NO4. The Balaban J connectivity index is 1.71. The monoisotopic (exact) mass is 455 g/mol. The lowest BCUT2D eigenvalue weighted by Crippen LogP contribution is -2.43. The standard InChI is InChI=1S/C25H20F3NO4/c1-33-24(32)21(29-23(31)19-11-13-20(14-12-19)25(26,27)28)15-16-7-9-18(10-8-16)22(30)17-5-3-2-4-6-17/h2-14,21H,15H2,1H3,(H,29,31)/t21-/m1/s1. The van der Waals surface area contributed by atoms with Crippen molar-refractivity contribution in [1.82, 2.24) is 5.32 Å². The molecule has 0 bridgehead atoms. The maximum Gasteiger partial charge on any atom is 0.416 e. The van der Waals surface area contributed by atoms with E-state index in [-0.39, 0.29) is 17.8 Å². The second kappa shape index (κ2) is 10.1. The number of methoxy groups -OCH3 is 1. The summed E-state index contributed by atoms with van der Waals surface area (Å²) in [5, 5.41) is 2.49. The first kappa shape index (κ1) is 23.7. The number of carbonyl (C=O) groups is 3. The third kappa shape index (κ3) is 6.06. The van der Waals surface area contributed by atoms with Crippen molar-refractivity contribution in [2.24, 2.45) is 0 Å². The van der Waals surface area contributed by atoms with Crippen LogP contribution in [0, 0.1) is 0 Å². The molecule has 0 aliphatic heterocycles. The van der Waals surface area contributed by atoms with E-state index in [9.17, 15) is 27.6 Å². The normalized spacial score (nSPS) is 12.0. The maximum atomic E-state index is 12.7. The molecular weight excluding hydrogens is 435 g/mol. The third-order valence-electron chi connectivity index (χ3n) is 4.96. The van der Waals surface area contributed by atoms with E-state index in [1.54, 1.807) is 48.5 Å². The number of alkyl halides is 3. The fraction of sp³-hybridized carbons (Fsp3) is 0.160. The molecule has 3 rings (SSSR count). The average molecular weight is 455 g/mol. The lowest BCUT2D eigenvalue weighted by molar-refractivity contribution is -0.142. The van der Waals surface area contributed by atoms with Crippen molar-refractivity contribution >= 4 is 17.7 Å². The smallest absolute Gasteiger partial charge is 0.416 e. The van der Waals surface area contributed by atoms with E-state index in [0.717, 1.165) is 24.3 Å². The van der Waals surface area contributed by atoms with Gasteiger partial charge in [-0.3, -0.25) is 9.59 Å². The van der Waals surface area contributed by atoms with Crippen LogP contribution >= 0.6 is 0 Å². The van der Waals surface area contributed by atoms with Gasteiger partial charge in [0.1, 0.15) is 6.04 Å². The highest BCUT2D eigenvalue weighted by Crippen LogP contribution is 2.29. The van der Waals surface area contributed by atoms with Crippen LogP contribution in [0.25, 0.3) is 0 Å². The number of ether oxygens (including phenoxy) is 1. The Kier molecular flexibility index (Phi) is 7.27. The maximum absolute atomic E-state index is 12.7. The van der Waals surface area contributed by atoms with Crippen LogP contribution in [0.5, 0.6) is 0 Å². The van der Waals surface area contributed by atoms with Crippen LogP contribution in [0.4, 0.5) is 13.2 Å². The first-order valence-electron chi connectivity index (χ1n) is 9.93. The first-order valence-corrected chi connectivity index (χ1v) is 9.93. The summed E-state index contributed by atoms with van der Waals surface area (Å²) in [6, 6.07) is 17.9. The summed E-state index contributed by atoms with van der Waals surface area (Å²) in [5.74, 6) is -1.57. The number of hydrogen-bond acceptors (Lipinski definition) is 4. The van der Waals surface area contributed by atoms with Crippen molar-refractivity contribution in [1.29, 1.82) is 0 Å². The summed E-state index contributed by atoms with van der Waals surface area (Å²) in [6.07, 6.45) is -4.45. The molecule has 0 aliphatic carbocycles. The molecule has 1 atom stereocenters. The first-order chi connectivity index (χ1) is 15.7. The van der Waals surface area contributed by atoms with Crippen LogP contribution in [0.2, 0.25) is 0 Å². The molecule has 0 saturated heterocycles. The van der Waals surface area contributed by atoms with Crippen molar-refractivity contribution in [2.45, 2.75) is 18.6 Å². The fourth-order valence-electron chi connectivity index (χ4n) is 3.17. The van der Waals surface area contributed by atoms with Gasteiger partial charge in [0, 0.05) is 23.1 Å². The Morgan fingerprint density at radius 1 is 0.818 bits per heavy atom. The van der Waals surface area contributed by atoms with E-state index in [1.807, 2.05) is 6.07 Å². The Labute approximate surface area is 188 Å². The molecule has 0 aliphatic rings. The number of amides is 1. The van der Waals surface area contributed by atoms with E-state index < -0.39 is 29.7 Å². The lowest BCUT2D eigenvalue weighted by atomic mass is 9.99. The van der Waals surface area contributed by atoms with Gasteiger partial charge in [0.2, 0.25) is 0 Å².